The Morgan fingerprint density at radius 1 is 1.33 bits per heavy atom. The summed E-state index contributed by atoms with van der Waals surface area (Å²) in [6.07, 6.45) is 1.53. The molecule has 2 rings (SSSR count). The summed E-state index contributed by atoms with van der Waals surface area (Å²) in [4.78, 5) is 24.5. The fraction of sp³-hybridized carbons (Fsp3) is 0.385. The standard InChI is InChI=1S/C13H16N2O3/c14-10-5-3-9(4-6-10)8-12(16)15-7-1-2-11(15)13(17)18/h3-6,11H,1-2,7-8,14H2,(H,17,18). The Balaban J connectivity index is 2.03. The molecule has 0 spiro atoms. The molecule has 0 radical (unpaired) electrons. The van der Waals surface area contributed by atoms with Crippen molar-refractivity contribution in [2.45, 2.75) is 25.3 Å². The number of hydrogen-bond donors (Lipinski definition) is 2. The number of carboxylic acids is 1. The zero-order chi connectivity index (χ0) is 13.1. The molecular formula is C13H16N2O3. The van der Waals surface area contributed by atoms with Gasteiger partial charge in [0.25, 0.3) is 0 Å². The number of nitrogen functional groups attached to an aromatic ring is 1. The second-order valence-electron chi connectivity index (χ2n) is 4.50. The van der Waals surface area contributed by atoms with Gasteiger partial charge in [-0.25, -0.2) is 4.79 Å². The maximum atomic E-state index is 12.0. The van der Waals surface area contributed by atoms with Crippen molar-refractivity contribution >= 4 is 17.6 Å². The highest BCUT2D eigenvalue weighted by molar-refractivity contribution is 5.85. The average molecular weight is 248 g/mol. The molecule has 1 unspecified atom stereocenters. The van der Waals surface area contributed by atoms with Gasteiger partial charge in [0.05, 0.1) is 6.42 Å². The Hall–Kier alpha value is -2.04. The number of carboxylic acid groups (broad SMARTS) is 1. The topological polar surface area (TPSA) is 83.6 Å². The van der Waals surface area contributed by atoms with E-state index in [1.165, 1.54) is 4.90 Å². The van der Waals surface area contributed by atoms with Crippen LogP contribution in [0, 0.1) is 0 Å². The van der Waals surface area contributed by atoms with Crippen molar-refractivity contribution in [2.24, 2.45) is 0 Å². The summed E-state index contributed by atoms with van der Waals surface area (Å²) >= 11 is 0. The summed E-state index contributed by atoms with van der Waals surface area (Å²) in [6.45, 7) is 0.533. The molecule has 1 aromatic rings. The van der Waals surface area contributed by atoms with E-state index in [1.807, 2.05) is 0 Å². The molecule has 5 nitrogen and oxygen atoms in total. The van der Waals surface area contributed by atoms with Gasteiger partial charge in [-0.3, -0.25) is 4.79 Å². The first-order valence-electron chi connectivity index (χ1n) is 5.94. The lowest BCUT2D eigenvalue weighted by Crippen LogP contribution is -2.41. The first-order valence-corrected chi connectivity index (χ1v) is 5.94. The third-order valence-electron chi connectivity index (χ3n) is 3.19. The lowest BCUT2D eigenvalue weighted by Gasteiger charge is -2.21. The van der Waals surface area contributed by atoms with Gasteiger partial charge in [0.15, 0.2) is 0 Å². The van der Waals surface area contributed by atoms with Crippen molar-refractivity contribution in [3.05, 3.63) is 29.8 Å². The highest BCUT2D eigenvalue weighted by Gasteiger charge is 2.33. The highest BCUT2D eigenvalue weighted by atomic mass is 16.4. The van der Waals surface area contributed by atoms with Gasteiger partial charge in [-0.2, -0.15) is 0 Å². The third-order valence-corrected chi connectivity index (χ3v) is 3.19. The molecule has 1 aliphatic heterocycles. The van der Waals surface area contributed by atoms with E-state index in [0.717, 1.165) is 12.0 Å². The summed E-state index contributed by atoms with van der Waals surface area (Å²) in [6, 6.07) is 6.40. The number of amides is 1. The lowest BCUT2D eigenvalue weighted by atomic mass is 10.1. The SMILES string of the molecule is Nc1ccc(CC(=O)N2CCCC2C(=O)O)cc1. The van der Waals surface area contributed by atoms with Crippen LogP contribution < -0.4 is 5.73 Å². The van der Waals surface area contributed by atoms with E-state index in [2.05, 4.69) is 0 Å². The van der Waals surface area contributed by atoms with E-state index < -0.39 is 12.0 Å². The Bertz CT molecular complexity index is 456. The molecule has 0 saturated carbocycles. The van der Waals surface area contributed by atoms with Crippen molar-refractivity contribution in [1.82, 2.24) is 4.90 Å². The van der Waals surface area contributed by atoms with Crippen molar-refractivity contribution in [3.8, 4) is 0 Å². The van der Waals surface area contributed by atoms with E-state index >= 15 is 0 Å². The summed E-state index contributed by atoms with van der Waals surface area (Å²) in [5, 5.41) is 9.02. The number of hydrogen-bond acceptors (Lipinski definition) is 3. The fourth-order valence-electron chi connectivity index (χ4n) is 2.23. The predicted octanol–water partition coefficient (Wildman–Crippen LogP) is 0.887. The minimum atomic E-state index is -0.918. The van der Waals surface area contributed by atoms with Crippen LogP contribution in [-0.4, -0.2) is 34.5 Å². The van der Waals surface area contributed by atoms with E-state index in [0.29, 0.717) is 18.7 Å². The molecule has 3 N–H and O–H groups in total. The lowest BCUT2D eigenvalue weighted by molar-refractivity contribution is -0.148. The molecule has 0 aromatic heterocycles. The van der Waals surface area contributed by atoms with Crippen LogP contribution >= 0.6 is 0 Å². The fourth-order valence-corrected chi connectivity index (χ4v) is 2.23. The number of aliphatic carboxylic acids is 1. The van der Waals surface area contributed by atoms with Gasteiger partial charge in [-0.1, -0.05) is 12.1 Å². The van der Waals surface area contributed by atoms with Crippen LogP contribution in [0.15, 0.2) is 24.3 Å². The maximum Gasteiger partial charge on any atom is 0.326 e. The van der Waals surface area contributed by atoms with Crippen LogP contribution in [0.2, 0.25) is 0 Å². The Labute approximate surface area is 105 Å². The van der Waals surface area contributed by atoms with E-state index in [4.69, 9.17) is 10.8 Å². The van der Waals surface area contributed by atoms with Crippen LogP contribution in [0.4, 0.5) is 5.69 Å². The molecule has 18 heavy (non-hydrogen) atoms. The van der Waals surface area contributed by atoms with Crippen LogP contribution in [0.1, 0.15) is 18.4 Å². The molecule has 1 atom stereocenters. The van der Waals surface area contributed by atoms with Gasteiger partial charge in [0.2, 0.25) is 5.91 Å². The first kappa shape index (κ1) is 12.4. The number of benzene rings is 1. The van der Waals surface area contributed by atoms with Crippen molar-refractivity contribution in [1.29, 1.82) is 0 Å². The molecule has 0 bridgehead atoms. The van der Waals surface area contributed by atoms with Crippen molar-refractivity contribution in [2.75, 3.05) is 12.3 Å². The van der Waals surface area contributed by atoms with Crippen LogP contribution in [0.5, 0.6) is 0 Å². The molecular weight excluding hydrogens is 232 g/mol. The van der Waals surface area contributed by atoms with Crippen LogP contribution in [-0.2, 0) is 16.0 Å². The quantitative estimate of drug-likeness (QED) is 0.778. The normalized spacial score (nSPS) is 18.9. The second kappa shape index (κ2) is 5.08. The number of rotatable bonds is 3. The van der Waals surface area contributed by atoms with Gasteiger partial charge < -0.3 is 15.7 Å². The van der Waals surface area contributed by atoms with E-state index in [9.17, 15) is 9.59 Å². The molecule has 1 amide bonds. The predicted molar refractivity (Wildman–Crippen MR) is 66.9 cm³/mol. The molecule has 1 aromatic carbocycles. The zero-order valence-corrected chi connectivity index (χ0v) is 10.0. The molecule has 96 valence electrons. The number of carbonyl (C=O) groups is 2. The van der Waals surface area contributed by atoms with E-state index in [1.54, 1.807) is 24.3 Å². The first-order chi connectivity index (χ1) is 8.58. The average Bonchev–Trinajstić information content (AvgIpc) is 2.81. The molecule has 1 heterocycles. The van der Waals surface area contributed by atoms with Crippen molar-refractivity contribution < 1.29 is 14.7 Å². The summed E-state index contributed by atoms with van der Waals surface area (Å²) < 4.78 is 0. The minimum Gasteiger partial charge on any atom is -0.480 e. The Morgan fingerprint density at radius 2 is 2.00 bits per heavy atom. The Morgan fingerprint density at radius 3 is 2.61 bits per heavy atom. The summed E-state index contributed by atoms with van der Waals surface area (Å²) in [5.41, 5.74) is 7.07. The number of nitrogens with zero attached hydrogens (tertiary/aromatic N) is 1. The van der Waals surface area contributed by atoms with Crippen LogP contribution in [0.3, 0.4) is 0 Å². The third kappa shape index (κ3) is 2.61. The molecule has 1 saturated heterocycles. The van der Waals surface area contributed by atoms with Gasteiger partial charge in [-0.05, 0) is 30.5 Å². The molecule has 0 aliphatic carbocycles. The number of carbonyl (C=O) groups excluding carboxylic acids is 1. The van der Waals surface area contributed by atoms with Gasteiger partial charge >= 0.3 is 5.97 Å². The number of anilines is 1. The van der Waals surface area contributed by atoms with Gasteiger partial charge in [-0.15, -0.1) is 0 Å². The monoisotopic (exact) mass is 248 g/mol. The second-order valence-corrected chi connectivity index (χ2v) is 4.50. The molecule has 1 fully saturated rings. The van der Waals surface area contributed by atoms with Gasteiger partial charge in [0.1, 0.15) is 6.04 Å². The molecule has 1 aliphatic rings. The minimum absolute atomic E-state index is 0.135. The van der Waals surface area contributed by atoms with Crippen LogP contribution in [0.25, 0.3) is 0 Å². The maximum absolute atomic E-state index is 12.0. The van der Waals surface area contributed by atoms with E-state index in [-0.39, 0.29) is 12.3 Å². The highest BCUT2D eigenvalue weighted by Crippen LogP contribution is 2.19. The zero-order valence-electron chi connectivity index (χ0n) is 10.0. The Kier molecular flexibility index (Phi) is 3.50. The number of nitrogens with two attached hydrogens (primary N) is 1. The summed E-state index contributed by atoms with van der Waals surface area (Å²) in [7, 11) is 0. The molecule has 5 heteroatoms. The van der Waals surface area contributed by atoms with Gasteiger partial charge in [0, 0.05) is 12.2 Å². The largest absolute Gasteiger partial charge is 0.480 e. The number of likely N-dealkylation sites (tertiary alicyclic amines) is 1. The summed E-state index contributed by atoms with van der Waals surface area (Å²) in [5.74, 6) is -1.05. The smallest absolute Gasteiger partial charge is 0.326 e. The van der Waals surface area contributed by atoms with Crippen molar-refractivity contribution in [3.63, 3.8) is 0 Å².